The first-order valence-corrected chi connectivity index (χ1v) is 8.32. The van der Waals surface area contributed by atoms with E-state index in [9.17, 15) is 14.9 Å². The van der Waals surface area contributed by atoms with Crippen LogP contribution in [0.15, 0.2) is 23.1 Å². The van der Waals surface area contributed by atoms with Gasteiger partial charge in [0.05, 0.1) is 9.82 Å². The summed E-state index contributed by atoms with van der Waals surface area (Å²) >= 11 is 1.46. The Hall–Kier alpha value is -1.56. The summed E-state index contributed by atoms with van der Waals surface area (Å²) in [5, 5.41) is 14.1. The first kappa shape index (κ1) is 18.5. The van der Waals surface area contributed by atoms with Crippen LogP contribution in [-0.2, 0) is 0 Å². The zero-order valence-corrected chi connectivity index (χ0v) is 14.6. The van der Waals surface area contributed by atoms with E-state index in [1.807, 2.05) is 20.8 Å². The Labute approximate surface area is 136 Å². The third-order valence-electron chi connectivity index (χ3n) is 2.86. The van der Waals surface area contributed by atoms with E-state index in [4.69, 9.17) is 0 Å². The van der Waals surface area contributed by atoms with Gasteiger partial charge in [0.2, 0.25) is 0 Å². The highest BCUT2D eigenvalue weighted by molar-refractivity contribution is 7.99. The number of nitrogens with one attached hydrogen (secondary N) is 1. The maximum absolute atomic E-state index is 12.1. The molecule has 0 saturated heterocycles. The van der Waals surface area contributed by atoms with Crippen molar-refractivity contribution >= 4 is 23.4 Å². The van der Waals surface area contributed by atoms with Crippen molar-refractivity contribution < 1.29 is 9.72 Å². The summed E-state index contributed by atoms with van der Waals surface area (Å²) in [6.45, 7) is 9.85. The van der Waals surface area contributed by atoms with Gasteiger partial charge in [0, 0.05) is 17.2 Å². The smallest absolute Gasteiger partial charge is 0.283 e. The van der Waals surface area contributed by atoms with E-state index in [0.29, 0.717) is 16.4 Å². The Morgan fingerprint density at radius 1 is 1.36 bits per heavy atom. The Morgan fingerprint density at radius 3 is 2.50 bits per heavy atom. The molecular formula is C16H24N2O3S. The van der Waals surface area contributed by atoms with Gasteiger partial charge in [0.15, 0.2) is 0 Å². The summed E-state index contributed by atoms with van der Waals surface area (Å²) in [5.41, 5.74) is -0.0681. The highest BCUT2D eigenvalue weighted by atomic mass is 32.2. The van der Waals surface area contributed by atoms with Crippen molar-refractivity contribution in [2.45, 2.75) is 51.5 Å². The van der Waals surface area contributed by atoms with E-state index in [-0.39, 0.29) is 17.1 Å². The zero-order valence-electron chi connectivity index (χ0n) is 13.8. The minimum atomic E-state index is -0.425. The molecule has 0 heterocycles. The Kier molecular flexibility index (Phi) is 6.41. The third-order valence-corrected chi connectivity index (χ3v) is 3.96. The molecule has 22 heavy (non-hydrogen) atoms. The molecule has 0 atom stereocenters. The fourth-order valence-electron chi connectivity index (χ4n) is 1.74. The number of carbonyl (C=O) groups is 1. The minimum Gasteiger partial charge on any atom is -0.347 e. The van der Waals surface area contributed by atoms with Gasteiger partial charge in [-0.05, 0) is 51.0 Å². The topological polar surface area (TPSA) is 72.2 Å². The maximum atomic E-state index is 12.1. The van der Waals surface area contributed by atoms with Gasteiger partial charge in [0.1, 0.15) is 0 Å². The van der Waals surface area contributed by atoms with Crippen molar-refractivity contribution in [1.82, 2.24) is 5.32 Å². The molecular weight excluding hydrogens is 300 g/mol. The van der Waals surface area contributed by atoms with Gasteiger partial charge in [-0.25, -0.2) is 0 Å². The highest BCUT2D eigenvalue weighted by Gasteiger charge is 2.20. The number of hydrogen-bond acceptors (Lipinski definition) is 4. The van der Waals surface area contributed by atoms with Gasteiger partial charge < -0.3 is 5.32 Å². The summed E-state index contributed by atoms with van der Waals surface area (Å²) in [6, 6.07) is 4.67. The third kappa shape index (κ3) is 6.05. The Morgan fingerprint density at radius 2 is 2.00 bits per heavy atom. The summed E-state index contributed by atoms with van der Waals surface area (Å²) in [5.74, 6) is 1.09. The number of hydrogen-bond donors (Lipinski definition) is 1. The van der Waals surface area contributed by atoms with Crippen LogP contribution in [0.2, 0.25) is 0 Å². The lowest BCUT2D eigenvalue weighted by molar-refractivity contribution is -0.387. The molecule has 1 rings (SSSR count). The standard InChI is InChI=1S/C16H24N2O3S/c1-11(2)8-9-22-14-7-6-12(10-13(14)18(20)21)15(19)17-16(3,4)5/h6-7,10-11H,8-9H2,1-5H3,(H,17,19). The van der Waals surface area contributed by atoms with Crippen LogP contribution in [0.3, 0.4) is 0 Å². The van der Waals surface area contributed by atoms with E-state index in [2.05, 4.69) is 19.2 Å². The Bertz CT molecular complexity index is 551. The van der Waals surface area contributed by atoms with E-state index in [1.165, 1.54) is 17.8 Å². The van der Waals surface area contributed by atoms with Crippen LogP contribution in [0.4, 0.5) is 5.69 Å². The van der Waals surface area contributed by atoms with Crippen molar-refractivity contribution in [2.75, 3.05) is 5.75 Å². The summed E-state index contributed by atoms with van der Waals surface area (Å²) in [4.78, 5) is 23.5. The molecule has 0 radical (unpaired) electrons. The van der Waals surface area contributed by atoms with Crippen LogP contribution in [0.25, 0.3) is 0 Å². The fraction of sp³-hybridized carbons (Fsp3) is 0.562. The number of benzene rings is 1. The van der Waals surface area contributed by atoms with Crippen LogP contribution in [-0.4, -0.2) is 22.1 Å². The van der Waals surface area contributed by atoms with Gasteiger partial charge in [-0.15, -0.1) is 11.8 Å². The largest absolute Gasteiger partial charge is 0.347 e. The van der Waals surface area contributed by atoms with Gasteiger partial charge >= 0.3 is 0 Å². The zero-order chi connectivity index (χ0) is 16.9. The fourth-order valence-corrected chi connectivity index (χ4v) is 3.00. The molecule has 0 aliphatic rings. The lowest BCUT2D eigenvalue weighted by Crippen LogP contribution is -2.40. The number of nitrogens with zero attached hydrogens (tertiary/aromatic N) is 1. The molecule has 1 aromatic carbocycles. The quantitative estimate of drug-likeness (QED) is 0.482. The van der Waals surface area contributed by atoms with Crippen molar-refractivity contribution in [3.8, 4) is 0 Å². The second kappa shape index (κ2) is 7.63. The molecule has 0 fully saturated rings. The van der Waals surface area contributed by atoms with Crippen LogP contribution in [0, 0.1) is 16.0 Å². The van der Waals surface area contributed by atoms with E-state index in [1.54, 1.807) is 12.1 Å². The lowest BCUT2D eigenvalue weighted by Gasteiger charge is -2.20. The van der Waals surface area contributed by atoms with Gasteiger partial charge in [-0.2, -0.15) is 0 Å². The van der Waals surface area contributed by atoms with E-state index >= 15 is 0 Å². The molecule has 0 aromatic heterocycles. The van der Waals surface area contributed by atoms with E-state index in [0.717, 1.165) is 12.2 Å². The first-order chi connectivity index (χ1) is 10.1. The molecule has 5 nitrogen and oxygen atoms in total. The van der Waals surface area contributed by atoms with Gasteiger partial charge in [-0.1, -0.05) is 13.8 Å². The molecule has 1 amide bonds. The van der Waals surface area contributed by atoms with Crippen molar-refractivity contribution in [2.24, 2.45) is 5.92 Å². The normalized spacial score (nSPS) is 11.5. The first-order valence-electron chi connectivity index (χ1n) is 7.34. The van der Waals surface area contributed by atoms with Gasteiger partial charge in [0.25, 0.3) is 11.6 Å². The SMILES string of the molecule is CC(C)CCSc1ccc(C(=O)NC(C)(C)C)cc1[N+](=O)[O-]. The average Bonchev–Trinajstić information content (AvgIpc) is 2.36. The lowest BCUT2D eigenvalue weighted by atomic mass is 10.1. The number of amides is 1. The average molecular weight is 324 g/mol. The van der Waals surface area contributed by atoms with Crippen LogP contribution >= 0.6 is 11.8 Å². The monoisotopic (exact) mass is 324 g/mol. The number of nitro benzene ring substituents is 1. The van der Waals surface area contributed by atoms with Crippen LogP contribution < -0.4 is 5.32 Å². The van der Waals surface area contributed by atoms with Crippen LogP contribution in [0.1, 0.15) is 51.4 Å². The van der Waals surface area contributed by atoms with Gasteiger partial charge in [-0.3, -0.25) is 14.9 Å². The Balaban J connectivity index is 2.94. The molecule has 0 bridgehead atoms. The number of carbonyl (C=O) groups excluding carboxylic acids is 1. The van der Waals surface area contributed by atoms with Crippen molar-refractivity contribution in [3.05, 3.63) is 33.9 Å². The second-order valence-corrected chi connectivity index (χ2v) is 7.81. The molecule has 1 N–H and O–H groups in total. The summed E-state index contributed by atoms with van der Waals surface area (Å²) in [6.07, 6.45) is 0.994. The molecule has 6 heteroatoms. The van der Waals surface area contributed by atoms with Crippen molar-refractivity contribution in [3.63, 3.8) is 0 Å². The predicted octanol–water partition coefficient (Wildman–Crippen LogP) is 4.26. The molecule has 0 aliphatic carbocycles. The molecule has 122 valence electrons. The van der Waals surface area contributed by atoms with E-state index < -0.39 is 4.92 Å². The second-order valence-electron chi connectivity index (χ2n) is 6.67. The predicted molar refractivity (Wildman–Crippen MR) is 90.5 cm³/mol. The van der Waals surface area contributed by atoms with Crippen LogP contribution in [0.5, 0.6) is 0 Å². The molecule has 0 saturated carbocycles. The summed E-state index contributed by atoms with van der Waals surface area (Å²) < 4.78 is 0. The molecule has 0 spiro atoms. The molecule has 1 aromatic rings. The number of rotatable bonds is 6. The number of nitro groups is 1. The minimum absolute atomic E-state index is 0.00434. The summed E-state index contributed by atoms with van der Waals surface area (Å²) in [7, 11) is 0. The molecule has 0 aliphatic heterocycles. The number of thioether (sulfide) groups is 1. The van der Waals surface area contributed by atoms with Crippen molar-refractivity contribution in [1.29, 1.82) is 0 Å². The highest BCUT2D eigenvalue weighted by Crippen LogP contribution is 2.31. The molecule has 0 unspecified atom stereocenters. The maximum Gasteiger partial charge on any atom is 0.283 e.